The van der Waals surface area contributed by atoms with Gasteiger partial charge in [0.15, 0.2) is 5.78 Å². The first-order valence-corrected chi connectivity index (χ1v) is 6.22. The van der Waals surface area contributed by atoms with Gasteiger partial charge in [-0.2, -0.15) is 0 Å². The molecule has 15 heavy (non-hydrogen) atoms. The second-order valence-electron chi connectivity index (χ2n) is 5.73. The van der Waals surface area contributed by atoms with Crippen molar-refractivity contribution >= 4 is 5.78 Å². The summed E-state index contributed by atoms with van der Waals surface area (Å²) in [6.45, 7) is 10.0. The fourth-order valence-corrected chi connectivity index (χ4v) is 1.61. The summed E-state index contributed by atoms with van der Waals surface area (Å²) in [4.78, 5) is 14.3. The van der Waals surface area contributed by atoms with Crippen molar-refractivity contribution in [2.75, 3.05) is 13.1 Å². The van der Waals surface area contributed by atoms with Gasteiger partial charge in [-0.1, -0.05) is 34.1 Å². The predicted octanol–water partition coefficient (Wildman–Crippen LogP) is 2.87. The quantitative estimate of drug-likeness (QED) is 0.673. The maximum Gasteiger partial charge on any atom is 0.152 e. The molecule has 0 aliphatic heterocycles. The lowest BCUT2D eigenvalue weighted by Crippen LogP contribution is -2.37. The zero-order valence-electron chi connectivity index (χ0n) is 10.7. The largest absolute Gasteiger partial charge is 0.298 e. The lowest BCUT2D eigenvalue weighted by Gasteiger charge is -2.25. The van der Waals surface area contributed by atoms with E-state index in [1.54, 1.807) is 0 Å². The van der Waals surface area contributed by atoms with Crippen LogP contribution in [0.25, 0.3) is 0 Å². The van der Waals surface area contributed by atoms with Crippen molar-refractivity contribution in [2.45, 2.75) is 59.4 Å². The van der Waals surface area contributed by atoms with Gasteiger partial charge >= 0.3 is 0 Å². The van der Waals surface area contributed by atoms with Crippen LogP contribution in [0.15, 0.2) is 0 Å². The molecule has 0 N–H and O–H groups in total. The van der Waals surface area contributed by atoms with E-state index in [0.717, 1.165) is 6.54 Å². The Morgan fingerprint density at radius 2 is 1.93 bits per heavy atom. The first-order valence-electron chi connectivity index (χ1n) is 6.22. The Kier molecular flexibility index (Phi) is 4.32. The Bertz CT molecular complexity index is 213. The fourth-order valence-electron chi connectivity index (χ4n) is 1.61. The lowest BCUT2D eigenvalue weighted by molar-refractivity contribution is -0.127. The molecule has 1 aliphatic carbocycles. The molecule has 0 unspecified atom stereocenters. The Hall–Kier alpha value is -0.370. The minimum atomic E-state index is -0.181. The molecule has 88 valence electrons. The molecule has 0 aromatic rings. The number of Topliss-reactive ketones (excluding diaryl/α,β-unsaturated/α-hetero) is 1. The van der Waals surface area contributed by atoms with Gasteiger partial charge in [0.25, 0.3) is 0 Å². The van der Waals surface area contributed by atoms with Crippen LogP contribution in [0.3, 0.4) is 0 Å². The lowest BCUT2D eigenvalue weighted by atomic mass is 9.90. The number of nitrogens with zero attached hydrogens (tertiary/aromatic N) is 1. The molecule has 0 saturated heterocycles. The minimum Gasteiger partial charge on any atom is -0.298 e. The Morgan fingerprint density at radius 1 is 1.33 bits per heavy atom. The third kappa shape index (κ3) is 4.33. The molecule has 0 aromatic carbocycles. The van der Waals surface area contributed by atoms with E-state index in [1.807, 2.05) is 20.8 Å². The molecule has 0 heterocycles. The predicted molar refractivity (Wildman–Crippen MR) is 64.0 cm³/mol. The van der Waals surface area contributed by atoms with Gasteiger partial charge in [-0.25, -0.2) is 0 Å². The fraction of sp³-hybridized carbons (Fsp3) is 0.923. The summed E-state index contributed by atoms with van der Waals surface area (Å²) in [5.41, 5.74) is -0.181. The van der Waals surface area contributed by atoms with Crippen molar-refractivity contribution in [3.63, 3.8) is 0 Å². The molecule has 2 nitrogen and oxygen atoms in total. The second kappa shape index (κ2) is 5.11. The number of carbonyl (C=O) groups excluding carboxylic acids is 1. The van der Waals surface area contributed by atoms with Gasteiger partial charge in [-0.15, -0.1) is 0 Å². The smallest absolute Gasteiger partial charge is 0.152 e. The zero-order chi connectivity index (χ0) is 11.5. The van der Waals surface area contributed by atoms with Crippen molar-refractivity contribution in [2.24, 2.45) is 5.41 Å². The highest BCUT2D eigenvalue weighted by molar-refractivity contribution is 5.85. The second-order valence-corrected chi connectivity index (χ2v) is 5.73. The number of ketones is 1. The van der Waals surface area contributed by atoms with Crippen LogP contribution in [-0.2, 0) is 4.79 Å². The van der Waals surface area contributed by atoms with Crippen LogP contribution >= 0.6 is 0 Å². The van der Waals surface area contributed by atoms with E-state index in [4.69, 9.17) is 0 Å². The van der Waals surface area contributed by atoms with Gasteiger partial charge in [-0.05, 0) is 25.8 Å². The third-order valence-corrected chi connectivity index (χ3v) is 3.05. The normalized spacial score (nSPS) is 17.1. The SMILES string of the molecule is CCCCN(CC(=O)C(C)(C)C)C1CC1. The molecule has 1 aliphatic rings. The van der Waals surface area contributed by atoms with Crippen LogP contribution in [0.2, 0.25) is 0 Å². The Labute approximate surface area is 94.0 Å². The van der Waals surface area contributed by atoms with Gasteiger partial charge in [0.1, 0.15) is 0 Å². The van der Waals surface area contributed by atoms with Crippen LogP contribution < -0.4 is 0 Å². The Morgan fingerprint density at radius 3 is 2.33 bits per heavy atom. The molecule has 0 radical (unpaired) electrons. The van der Waals surface area contributed by atoms with Crippen molar-refractivity contribution in [1.29, 1.82) is 0 Å². The number of hydrogen-bond acceptors (Lipinski definition) is 2. The van der Waals surface area contributed by atoms with E-state index >= 15 is 0 Å². The van der Waals surface area contributed by atoms with E-state index in [2.05, 4.69) is 11.8 Å². The van der Waals surface area contributed by atoms with E-state index in [0.29, 0.717) is 18.4 Å². The molecule has 1 saturated carbocycles. The molecule has 1 rings (SSSR count). The van der Waals surface area contributed by atoms with Gasteiger partial charge in [0, 0.05) is 11.5 Å². The average Bonchev–Trinajstić information content (AvgIpc) is 2.93. The summed E-state index contributed by atoms with van der Waals surface area (Å²) in [5, 5.41) is 0. The number of rotatable bonds is 6. The summed E-state index contributed by atoms with van der Waals surface area (Å²) in [6, 6.07) is 0.711. The number of hydrogen-bond donors (Lipinski definition) is 0. The number of unbranched alkanes of at least 4 members (excludes halogenated alkanes) is 1. The van der Waals surface area contributed by atoms with E-state index < -0.39 is 0 Å². The highest BCUT2D eigenvalue weighted by atomic mass is 16.1. The van der Waals surface area contributed by atoms with Gasteiger partial charge in [0.2, 0.25) is 0 Å². The first-order chi connectivity index (χ1) is 6.95. The first kappa shape index (κ1) is 12.7. The van der Waals surface area contributed by atoms with Gasteiger partial charge in [0.05, 0.1) is 6.54 Å². The highest BCUT2D eigenvalue weighted by Crippen LogP contribution is 2.28. The van der Waals surface area contributed by atoms with Crippen LogP contribution in [0.1, 0.15) is 53.4 Å². The zero-order valence-corrected chi connectivity index (χ0v) is 10.7. The summed E-state index contributed by atoms with van der Waals surface area (Å²) < 4.78 is 0. The molecular weight excluding hydrogens is 186 g/mol. The van der Waals surface area contributed by atoms with Crippen molar-refractivity contribution in [3.8, 4) is 0 Å². The van der Waals surface area contributed by atoms with Crippen LogP contribution in [0.5, 0.6) is 0 Å². The maximum absolute atomic E-state index is 11.9. The van der Waals surface area contributed by atoms with E-state index in [1.165, 1.54) is 25.7 Å². The monoisotopic (exact) mass is 211 g/mol. The molecule has 1 fully saturated rings. The molecule has 0 spiro atoms. The van der Waals surface area contributed by atoms with Crippen LogP contribution in [0.4, 0.5) is 0 Å². The molecule has 0 bridgehead atoms. The maximum atomic E-state index is 11.9. The van der Waals surface area contributed by atoms with Crippen molar-refractivity contribution in [1.82, 2.24) is 4.90 Å². The molecule has 0 amide bonds. The van der Waals surface area contributed by atoms with Crippen LogP contribution in [-0.4, -0.2) is 29.8 Å². The van der Waals surface area contributed by atoms with Gasteiger partial charge in [-0.3, -0.25) is 9.69 Å². The van der Waals surface area contributed by atoms with Crippen molar-refractivity contribution < 1.29 is 4.79 Å². The summed E-state index contributed by atoms with van der Waals surface area (Å²) >= 11 is 0. The third-order valence-electron chi connectivity index (χ3n) is 3.05. The van der Waals surface area contributed by atoms with E-state index in [-0.39, 0.29) is 5.41 Å². The molecular formula is C13H25NO. The number of carbonyl (C=O) groups is 1. The average molecular weight is 211 g/mol. The summed E-state index contributed by atoms with van der Waals surface area (Å²) in [5.74, 6) is 0.380. The Balaban J connectivity index is 2.40. The standard InChI is InChI=1S/C13H25NO/c1-5-6-9-14(11-7-8-11)10-12(15)13(2,3)4/h11H,5-10H2,1-4H3. The van der Waals surface area contributed by atoms with Crippen molar-refractivity contribution in [3.05, 3.63) is 0 Å². The highest BCUT2D eigenvalue weighted by Gasteiger charge is 2.32. The van der Waals surface area contributed by atoms with Crippen LogP contribution in [0, 0.1) is 5.41 Å². The molecule has 2 heteroatoms. The molecule has 0 atom stereocenters. The summed E-state index contributed by atoms with van der Waals surface area (Å²) in [6.07, 6.45) is 5.02. The minimum absolute atomic E-state index is 0.181. The topological polar surface area (TPSA) is 20.3 Å². The van der Waals surface area contributed by atoms with E-state index in [9.17, 15) is 4.79 Å². The molecule has 0 aromatic heterocycles. The summed E-state index contributed by atoms with van der Waals surface area (Å²) in [7, 11) is 0. The van der Waals surface area contributed by atoms with Gasteiger partial charge < -0.3 is 0 Å².